The molecule has 1 atom stereocenters. The maximum atomic E-state index is 5.47. The van der Waals surface area contributed by atoms with Crippen molar-refractivity contribution in [1.82, 2.24) is 10.1 Å². The highest BCUT2D eigenvalue weighted by molar-refractivity contribution is 5.23. The molecular formula is C8H16N4O2. The summed E-state index contributed by atoms with van der Waals surface area (Å²) in [6.45, 7) is 0.441. The smallest absolute Gasteiger partial charge is 0.265 e. The second-order valence-corrected chi connectivity index (χ2v) is 3.18. The summed E-state index contributed by atoms with van der Waals surface area (Å²) in [6, 6.07) is 0. The van der Waals surface area contributed by atoms with Gasteiger partial charge in [0.25, 0.3) is 5.95 Å². The Morgan fingerprint density at radius 3 is 2.71 bits per heavy atom. The molecule has 6 nitrogen and oxygen atoms in total. The summed E-state index contributed by atoms with van der Waals surface area (Å²) in [7, 11) is 5.32. The van der Waals surface area contributed by atoms with Gasteiger partial charge in [-0.15, -0.1) is 0 Å². The van der Waals surface area contributed by atoms with Crippen LogP contribution >= 0.6 is 0 Å². The summed E-state index contributed by atoms with van der Waals surface area (Å²) in [4.78, 5) is 5.93. The van der Waals surface area contributed by atoms with E-state index in [1.807, 2.05) is 14.1 Å². The Morgan fingerprint density at radius 2 is 2.29 bits per heavy atom. The first-order valence-corrected chi connectivity index (χ1v) is 4.40. The minimum Gasteiger partial charge on any atom is -0.380 e. The van der Waals surface area contributed by atoms with Crippen molar-refractivity contribution in [3.63, 3.8) is 0 Å². The molecule has 2 N–H and O–H groups in total. The van der Waals surface area contributed by atoms with Crippen LogP contribution in [0, 0.1) is 0 Å². The number of aromatic nitrogens is 2. The average molecular weight is 200 g/mol. The molecule has 1 aromatic heterocycles. The van der Waals surface area contributed by atoms with Crippen LogP contribution in [-0.2, 0) is 11.2 Å². The van der Waals surface area contributed by atoms with E-state index in [9.17, 15) is 0 Å². The molecule has 0 aliphatic rings. The largest absolute Gasteiger partial charge is 0.380 e. The van der Waals surface area contributed by atoms with E-state index in [0.717, 1.165) is 0 Å². The average Bonchev–Trinajstić information content (AvgIpc) is 2.62. The Hall–Kier alpha value is -1.14. The van der Waals surface area contributed by atoms with Gasteiger partial charge in [-0.05, 0) is 5.16 Å². The molecule has 0 radical (unpaired) electrons. The van der Waals surface area contributed by atoms with E-state index in [1.165, 1.54) is 0 Å². The standard InChI is InChI=1S/C8H16N4O2/c1-12(2)8-10-7(14-11-8)4-6(5-9)13-3/h6H,4-5,9H2,1-3H3. The lowest BCUT2D eigenvalue weighted by molar-refractivity contribution is 0.102. The molecule has 0 amide bonds. The summed E-state index contributed by atoms with van der Waals surface area (Å²) in [6.07, 6.45) is 0.485. The van der Waals surface area contributed by atoms with E-state index in [2.05, 4.69) is 10.1 Å². The van der Waals surface area contributed by atoms with Crippen LogP contribution in [0.5, 0.6) is 0 Å². The van der Waals surface area contributed by atoms with Crippen LogP contribution < -0.4 is 10.6 Å². The first kappa shape index (κ1) is 10.9. The summed E-state index contributed by atoms with van der Waals surface area (Å²) >= 11 is 0. The number of hydrogen-bond donors (Lipinski definition) is 1. The van der Waals surface area contributed by atoms with E-state index in [1.54, 1.807) is 12.0 Å². The van der Waals surface area contributed by atoms with Crippen molar-refractivity contribution in [3.8, 4) is 0 Å². The SMILES string of the molecule is COC(CN)Cc1nc(N(C)C)no1. The van der Waals surface area contributed by atoms with Gasteiger partial charge in [0, 0.05) is 27.7 Å². The van der Waals surface area contributed by atoms with Crippen molar-refractivity contribution in [2.45, 2.75) is 12.5 Å². The van der Waals surface area contributed by atoms with Crippen LogP contribution in [0.25, 0.3) is 0 Å². The highest BCUT2D eigenvalue weighted by atomic mass is 16.5. The minimum absolute atomic E-state index is 0.0644. The fraction of sp³-hybridized carbons (Fsp3) is 0.750. The van der Waals surface area contributed by atoms with E-state index in [0.29, 0.717) is 24.8 Å². The van der Waals surface area contributed by atoms with Crippen LogP contribution in [0.2, 0.25) is 0 Å². The molecule has 0 aliphatic carbocycles. The molecule has 1 rings (SSSR count). The van der Waals surface area contributed by atoms with Gasteiger partial charge in [0.05, 0.1) is 12.5 Å². The Labute approximate surface area is 83.0 Å². The molecule has 0 bridgehead atoms. The number of nitrogens with zero attached hydrogens (tertiary/aromatic N) is 3. The molecule has 1 aromatic rings. The first-order valence-electron chi connectivity index (χ1n) is 4.40. The third kappa shape index (κ3) is 2.68. The van der Waals surface area contributed by atoms with Crippen molar-refractivity contribution in [2.75, 3.05) is 32.6 Å². The van der Waals surface area contributed by atoms with Crippen LogP contribution in [0.1, 0.15) is 5.89 Å². The maximum Gasteiger partial charge on any atom is 0.265 e. The quantitative estimate of drug-likeness (QED) is 0.700. The highest BCUT2D eigenvalue weighted by Crippen LogP contribution is 2.07. The Balaban J connectivity index is 2.58. The van der Waals surface area contributed by atoms with E-state index in [4.69, 9.17) is 15.0 Å². The molecule has 0 aromatic carbocycles. The third-order valence-corrected chi connectivity index (χ3v) is 1.86. The Kier molecular flexibility index (Phi) is 3.84. The molecule has 0 saturated heterocycles. The van der Waals surface area contributed by atoms with Gasteiger partial charge in [-0.2, -0.15) is 4.98 Å². The normalized spacial score (nSPS) is 12.9. The molecule has 14 heavy (non-hydrogen) atoms. The molecule has 1 unspecified atom stereocenters. The lowest BCUT2D eigenvalue weighted by Gasteiger charge is -2.08. The van der Waals surface area contributed by atoms with Gasteiger partial charge in [0.1, 0.15) is 0 Å². The third-order valence-electron chi connectivity index (χ3n) is 1.86. The Bertz CT molecular complexity index is 270. The summed E-state index contributed by atoms with van der Waals surface area (Å²) in [5.74, 6) is 1.11. The van der Waals surface area contributed by atoms with E-state index in [-0.39, 0.29) is 6.10 Å². The van der Waals surface area contributed by atoms with E-state index < -0.39 is 0 Å². The van der Waals surface area contributed by atoms with Crippen molar-refractivity contribution >= 4 is 5.95 Å². The van der Waals surface area contributed by atoms with Gasteiger partial charge >= 0.3 is 0 Å². The number of rotatable bonds is 5. The van der Waals surface area contributed by atoms with Crippen molar-refractivity contribution in [1.29, 1.82) is 0 Å². The predicted octanol–water partition coefficient (Wildman–Crippen LogP) is -0.348. The van der Waals surface area contributed by atoms with Crippen LogP contribution in [-0.4, -0.2) is 44.0 Å². The monoisotopic (exact) mass is 200 g/mol. The van der Waals surface area contributed by atoms with E-state index >= 15 is 0 Å². The molecule has 0 fully saturated rings. The van der Waals surface area contributed by atoms with Gasteiger partial charge in [-0.1, -0.05) is 0 Å². The Morgan fingerprint density at radius 1 is 1.57 bits per heavy atom. The van der Waals surface area contributed by atoms with Gasteiger partial charge < -0.3 is 19.9 Å². The molecule has 80 valence electrons. The molecule has 1 heterocycles. The molecule has 0 saturated carbocycles. The number of nitrogens with two attached hydrogens (primary N) is 1. The molecular weight excluding hydrogens is 184 g/mol. The second kappa shape index (κ2) is 4.92. The summed E-state index contributed by atoms with van der Waals surface area (Å²) < 4.78 is 10.1. The fourth-order valence-electron chi connectivity index (χ4n) is 0.968. The topological polar surface area (TPSA) is 77.4 Å². The molecule has 6 heteroatoms. The second-order valence-electron chi connectivity index (χ2n) is 3.18. The minimum atomic E-state index is -0.0644. The predicted molar refractivity (Wildman–Crippen MR) is 52.2 cm³/mol. The zero-order valence-corrected chi connectivity index (χ0v) is 8.73. The molecule has 0 aliphatic heterocycles. The number of methoxy groups -OCH3 is 1. The van der Waals surface area contributed by atoms with Gasteiger partial charge in [-0.3, -0.25) is 0 Å². The number of anilines is 1. The van der Waals surface area contributed by atoms with Crippen molar-refractivity contribution in [2.24, 2.45) is 5.73 Å². The van der Waals surface area contributed by atoms with Gasteiger partial charge in [0.15, 0.2) is 0 Å². The van der Waals surface area contributed by atoms with Gasteiger partial charge in [0.2, 0.25) is 5.89 Å². The summed E-state index contributed by atoms with van der Waals surface area (Å²) in [5.41, 5.74) is 5.47. The number of hydrogen-bond acceptors (Lipinski definition) is 6. The van der Waals surface area contributed by atoms with Gasteiger partial charge in [-0.25, -0.2) is 0 Å². The maximum absolute atomic E-state index is 5.47. The lowest BCUT2D eigenvalue weighted by Crippen LogP contribution is -2.24. The first-order chi connectivity index (χ1) is 6.67. The zero-order chi connectivity index (χ0) is 10.6. The van der Waals surface area contributed by atoms with Crippen molar-refractivity contribution in [3.05, 3.63) is 5.89 Å². The van der Waals surface area contributed by atoms with Crippen molar-refractivity contribution < 1.29 is 9.26 Å². The number of ether oxygens (including phenoxy) is 1. The van der Waals surface area contributed by atoms with Crippen LogP contribution in [0.4, 0.5) is 5.95 Å². The lowest BCUT2D eigenvalue weighted by atomic mass is 10.2. The van der Waals surface area contributed by atoms with Crippen LogP contribution in [0.15, 0.2) is 4.52 Å². The molecule has 0 spiro atoms. The van der Waals surface area contributed by atoms with Crippen LogP contribution in [0.3, 0.4) is 0 Å². The highest BCUT2D eigenvalue weighted by Gasteiger charge is 2.13. The fourth-order valence-corrected chi connectivity index (χ4v) is 0.968. The zero-order valence-electron chi connectivity index (χ0n) is 8.73. The summed E-state index contributed by atoms with van der Waals surface area (Å²) in [5, 5.41) is 3.78.